The summed E-state index contributed by atoms with van der Waals surface area (Å²) in [6.07, 6.45) is 1.31. The Balaban J connectivity index is 4.08. The van der Waals surface area contributed by atoms with Gasteiger partial charge in [0.15, 0.2) is 0 Å². The van der Waals surface area contributed by atoms with E-state index in [1.54, 1.807) is 4.90 Å². The van der Waals surface area contributed by atoms with Crippen LogP contribution in [0.3, 0.4) is 0 Å². The second-order valence-corrected chi connectivity index (χ2v) is 3.76. The quantitative estimate of drug-likeness (QED) is 0.708. The lowest BCUT2D eigenvalue weighted by molar-refractivity contribution is 0.0337. The second kappa shape index (κ2) is 6.67. The van der Waals surface area contributed by atoms with Crippen LogP contribution in [0.4, 0.5) is 4.79 Å². The predicted octanol–water partition coefficient (Wildman–Crippen LogP) is 1.59. The van der Waals surface area contributed by atoms with E-state index < -0.39 is 5.60 Å². The number of hydrogen-bond donors (Lipinski definition) is 2. The fourth-order valence-corrected chi connectivity index (χ4v) is 1.36. The van der Waals surface area contributed by atoms with E-state index in [1.807, 2.05) is 27.7 Å². The number of hydrogen-bond acceptors (Lipinski definition) is 2. The van der Waals surface area contributed by atoms with Gasteiger partial charge in [-0.25, -0.2) is 4.79 Å². The SMILES string of the molecule is CCN(CC)C(=O)NCC(O)(CC)CC. The molecule has 0 heterocycles. The van der Waals surface area contributed by atoms with Gasteiger partial charge in [0.1, 0.15) is 0 Å². The maximum Gasteiger partial charge on any atom is 0.317 e. The first kappa shape index (κ1) is 14.2. The maximum absolute atomic E-state index is 11.6. The first-order valence-electron chi connectivity index (χ1n) is 5.78. The Hall–Kier alpha value is -0.770. The lowest BCUT2D eigenvalue weighted by atomic mass is 9.98. The third-order valence-corrected chi connectivity index (χ3v) is 2.94. The van der Waals surface area contributed by atoms with Gasteiger partial charge in [0.05, 0.1) is 5.60 Å². The fraction of sp³-hybridized carbons (Fsp3) is 0.909. The van der Waals surface area contributed by atoms with Gasteiger partial charge in [-0.1, -0.05) is 13.8 Å². The predicted molar refractivity (Wildman–Crippen MR) is 61.9 cm³/mol. The van der Waals surface area contributed by atoms with E-state index in [0.29, 0.717) is 32.5 Å². The van der Waals surface area contributed by atoms with Gasteiger partial charge in [0, 0.05) is 19.6 Å². The molecule has 0 spiro atoms. The van der Waals surface area contributed by atoms with Gasteiger partial charge in [0.2, 0.25) is 0 Å². The minimum Gasteiger partial charge on any atom is -0.388 e. The van der Waals surface area contributed by atoms with Crippen LogP contribution in [0, 0.1) is 0 Å². The lowest BCUT2D eigenvalue weighted by Crippen LogP contribution is -2.47. The highest BCUT2D eigenvalue weighted by molar-refractivity contribution is 5.74. The van der Waals surface area contributed by atoms with E-state index in [4.69, 9.17) is 0 Å². The van der Waals surface area contributed by atoms with Crippen molar-refractivity contribution in [3.05, 3.63) is 0 Å². The number of urea groups is 1. The molecule has 4 nitrogen and oxygen atoms in total. The molecule has 2 amide bonds. The van der Waals surface area contributed by atoms with Crippen LogP contribution in [0.1, 0.15) is 40.5 Å². The van der Waals surface area contributed by atoms with Gasteiger partial charge >= 0.3 is 6.03 Å². The Morgan fingerprint density at radius 3 is 2.00 bits per heavy atom. The number of carbonyl (C=O) groups excluding carboxylic acids is 1. The van der Waals surface area contributed by atoms with Gasteiger partial charge in [0.25, 0.3) is 0 Å². The molecule has 0 aliphatic heterocycles. The molecule has 15 heavy (non-hydrogen) atoms. The zero-order chi connectivity index (χ0) is 11.9. The largest absolute Gasteiger partial charge is 0.388 e. The summed E-state index contributed by atoms with van der Waals surface area (Å²) >= 11 is 0. The fourth-order valence-electron chi connectivity index (χ4n) is 1.36. The molecule has 0 atom stereocenters. The summed E-state index contributed by atoms with van der Waals surface area (Å²) in [6.45, 7) is 9.44. The van der Waals surface area contributed by atoms with Gasteiger partial charge in [-0.15, -0.1) is 0 Å². The molecule has 2 N–H and O–H groups in total. The van der Waals surface area contributed by atoms with E-state index >= 15 is 0 Å². The molecule has 0 saturated carbocycles. The average Bonchev–Trinajstić information content (AvgIpc) is 2.27. The van der Waals surface area contributed by atoms with Crippen molar-refractivity contribution < 1.29 is 9.90 Å². The monoisotopic (exact) mass is 216 g/mol. The average molecular weight is 216 g/mol. The highest BCUT2D eigenvalue weighted by Crippen LogP contribution is 2.12. The molecule has 0 aromatic rings. The summed E-state index contributed by atoms with van der Waals surface area (Å²) in [4.78, 5) is 13.3. The molecule has 0 aromatic heterocycles. The molecule has 0 bridgehead atoms. The standard InChI is InChI=1S/C11H24N2O2/c1-5-11(15,6-2)9-12-10(14)13(7-3)8-4/h15H,5-9H2,1-4H3,(H,12,14). The summed E-state index contributed by atoms with van der Waals surface area (Å²) in [7, 11) is 0. The van der Waals surface area contributed by atoms with Gasteiger partial charge in [-0.2, -0.15) is 0 Å². The van der Waals surface area contributed by atoms with Crippen LogP contribution in [0.5, 0.6) is 0 Å². The van der Waals surface area contributed by atoms with Crippen molar-refractivity contribution in [1.29, 1.82) is 0 Å². The van der Waals surface area contributed by atoms with Crippen molar-refractivity contribution in [1.82, 2.24) is 10.2 Å². The zero-order valence-corrected chi connectivity index (χ0v) is 10.3. The number of carbonyl (C=O) groups is 1. The summed E-state index contributed by atoms with van der Waals surface area (Å²) < 4.78 is 0. The van der Waals surface area contributed by atoms with E-state index in [2.05, 4.69) is 5.32 Å². The minimum absolute atomic E-state index is 0.0969. The topological polar surface area (TPSA) is 52.6 Å². The van der Waals surface area contributed by atoms with Gasteiger partial charge in [-0.3, -0.25) is 0 Å². The second-order valence-electron chi connectivity index (χ2n) is 3.76. The molecule has 0 radical (unpaired) electrons. The molecule has 4 heteroatoms. The molecule has 0 aliphatic rings. The Kier molecular flexibility index (Phi) is 6.32. The first-order chi connectivity index (χ1) is 7.02. The normalized spacial score (nSPS) is 11.3. The molecular weight excluding hydrogens is 192 g/mol. The van der Waals surface area contributed by atoms with Crippen LogP contribution in [-0.2, 0) is 0 Å². The minimum atomic E-state index is -0.761. The maximum atomic E-state index is 11.6. The van der Waals surface area contributed by atoms with Crippen molar-refractivity contribution in [2.45, 2.75) is 46.1 Å². The molecule has 0 saturated heterocycles. The van der Waals surface area contributed by atoms with Crippen molar-refractivity contribution in [3.8, 4) is 0 Å². The van der Waals surface area contributed by atoms with Gasteiger partial charge in [-0.05, 0) is 26.7 Å². The summed E-state index contributed by atoms with van der Waals surface area (Å²) in [5.74, 6) is 0. The zero-order valence-electron chi connectivity index (χ0n) is 10.3. The molecule has 0 aliphatic carbocycles. The molecule has 0 rings (SSSR count). The first-order valence-corrected chi connectivity index (χ1v) is 5.78. The van der Waals surface area contributed by atoms with Crippen molar-refractivity contribution >= 4 is 6.03 Å². The molecule has 0 fully saturated rings. The smallest absolute Gasteiger partial charge is 0.317 e. The van der Waals surface area contributed by atoms with E-state index in [0.717, 1.165) is 0 Å². The van der Waals surface area contributed by atoms with Crippen LogP contribution in [0.2, 0.25) is 0 Å². The Bertz CT molecular complexity index is 187. The van der Waals surface area contributed by atoms with Crippen molar-refractivity contribution in [2.24, 2.45) is 0 Å². The molecular formula is C11H24N2O2. The summed E-state index contributed by atoms with van der Waals surface area (Å²) in [6, 6.07) is -0.0969. The van der Waals surface area contributed by atoms with Crippen LogP contribution < -0.4 is 5.32 Å². The van der Waals surface area contributed by atoms with Gasteiger partial charge < -0.3 is 15.3 Å². The van der Waals surface area contributed by atoms with E-state index in [9.17, 15) is 9.90 Å². The number of aliphatic hydroxyl groups is 1. The number of amides is 2. The third kappa shape index (κ3) is 4.51. The number of rotatable bonds is 6. The lowest BCUT2D eigenvalue weighted by Gasteiger charge is -2.27. The highest BCUT2D eigenvalue weighted by Gasteiger charge is 2.23. The molecule has 0 aromatic carbocycles. The Labute approximate surface area is 92.7 Å². The van der Waals surface area contributed by atoms with E-state index in [-0.39, 0.29) is 6.03 Å². The Morgan fingerprint density at radius 1 is 1.20 bits per heavy atom. The van der Waals surface area contributed by atoms with Crippen LogP contribution in [0.15, 0.2) is 0 Å². The number of nitrogens with one attached hydrogen (secondary N) is 1. The Morgan fingerprint density at radius 2 is 1.67 bits per heavy atom. The number of nitrogens with zero attached hydrogens (tertiary/aromatic N) is 1. The van der Waals surface area contributed by atoms with Crippen LogP contribution in [-0.4, -0.2) is 41.3 Å². The summed E-state index contributed by atoms with van der Waals surface area (Å²) in [5, 5.41) is 12.7. The van der Waals surface area contributed by atoms with Crippen LogP contribution >= 0.6 is 0 Å². The highest BCUT2D eigenvalue weighted by atomic mass is 16.3. The van der Waals surface area contributed by atoms with Crippen molar-refractivity contribution in [2.75, 3.05) is 19.6 Å². The molecule has 0 unspecified atom stereocenters. The van der Waals surface area contributed by atoms with Crippen molar-refractivity contribution in [3.63, 3.8) is 0 Å². The third-order valence-electron chi connectivity index (χ3n) is 2.94. The van der Waals surface area contributed by atoms with Crippen LogP contribution in [0.25, 0.3) is 0 Å². The van der Waals surface area contributed by atoms with E-state index in [1.165, 1.54) is 0 Å². The summed E-state index contributed by atoms with van der Waals surface area (Å²) in [5.41, 5.74) is -0.761. The molecule has 90 valence electrons.